The Morgan fingerprint density at radius 1 is 1.26 bits per heavy atom. The minimum absolute atomic E-state index is 0.617. The Morgan fingerprint density at radius 2 is 2.17 bits per heavy atom. The quantitative estimate of drug-likeness (QED) is 0.546. The van der Waals surface area contributed by atoms with Crippen molar-refractivity contribution in [2.45, 2.75) is 6.42 Å². The molecule has 0 radical (unpaired) electrons. The number of thiophene rings is 1. The summed E-state index contributed by atoms with van der Waals surface area (Å²) in [6.07, 6.45) is 0.803. The number of rotatable bonds is 4. The molecular weight excluding hydrogens is 352 g/mol. The molecule has 0 unspecified atom stereocenters. The Morgan fingerprint density at radius 3 is 2.96 bits per heavy atom. The van der Waals surface area contributed by atoms with E-state index < -0.39 is 0 Å². The van der Waals surface area contributed by atoms with E-state index in [4.69, 9.17) is 16.3 Å². The van der Waals surface area contributed by atoms with Crippen LogP contribution in [-0.4, -0.2) is 26.9 Å². The molecule has 0 atom stereocenters. The van der Waals surface area contributed by atoms with Gasteiger partial charge in [0.15, 0.2) is 5.82 Å². The van der Waals surface area contributed by atoms with Gasteiger partial charge in [0, 0.05) is 16.3 Å². The molecule has 0 bridgehead atoms. The number of benzene rings is 1. The smallest absolute Gasteiger partial charge is 0.234 e. The fourth-order valence-electron chi connectivity index (χ4n) is 2.31. The van der Waals surface area contributed by atoms with Crippen molar-refractivity contribution in [1.29, 1.82) is 0 Å². The lowest BCUT2D eigenvalue weighted by Gasteiger charge is -2.06. The molecule has 0 aliphatic heterocycles. The maximum Gasteiger partial charge on any atom is 0.234 e. The molecule has 0 aliphatic carbocycles. The summed E-state index contributed by atoms with van der Waals surface area (Å²) >= 11 is 9.38. The second kappa shape index (κ2) is 5.92. The number of hydrogen-bond acceptors (Lipinski definition) is 6. The minimum atomic E-state index is 0.617. The van der Waals surface area contributed by atoms with E-state index in [-0.39, 0.29) is 0 Å². The lowest BCUT2D eigenvalue weighted by atomic mass is 10.2. The highest BCUT2D eigenvalue weighted by atomic mass is 35.5. The van der Waals surface area contributed by atoms with E-state index in [1.165, 1.54) is 16.2 Å². The van der Waals surface area contributed by atoms with Crippen molar-refractivity contribution in [3.63, 3.8) is 0 Å². The van der Waals surface area contributed by atoms with Crippen LogP contribution in [0.3, 0.4) is 0 Å². The Balaban J connectivity index is 1.79. The van der Waals surface area contributed by atoms with Crippen molar-refractivity contribution >= 4 is 39.2 Å². The highest BCUT2D eigenvalue weighted by molar-refractivity contribution is 7.17. The molecule has 0 spiro atoms. The molecular formula is C15H11ClN4OS2. The van der Waals surface area contributed by atoms with E-state index in [1.54, 1.807) is 29.0 Å². The lowest BCUT2D eigenvalue weighted by Crippen LogP contribution is -1.95. The van der Waals surface area contributed by atoms with Crippen LogP contribution in [0, 0.1) is 0 Å². The number of aromatic nitrogens is 4. The van der Waals surface area contributed by atoms with E-state index in [2.05, 4.69) is 26.7 Å². The average Bonchev–Trinajstić information content (AvgIpc) is 3.24. The van der Waals surface area contributed by atoms with Crippen LogP contribution >= 0.6 is 34.3 Å². The van der Waals surface area contributed by atoms with Crippen molar-refractivity contribution in [3.8, 4) is 17.1 Å². The van der Waals surface area contributed by atoms with Crippen LogP contribution in [0.4, 0.5) is 0 Å². The summed E-state index contributed by atoms with van der Waals surface area (Å²) in [5, 5.41) is 16.8. The van der Waals surface area contributed by atoms with E-state index in [9.17, 15) is 0 Å². The normalized spacial score (nSPS) is 11.2. The number of hydrogen-bond donors (Lipinski definition) is 0. The fraction of sp³-hybridized carbons (Fsp3) is 0.133. The van der Waals surface area contributed by atoms with Crippen LogP contribution in [0.5, 0.6) is 5.75 Å². The Hall–Kier alpha value is -1.96. The molecule has 4 rings (SSSR count). The summed E-state index contributed by atoms with van der Waals surface area (Å²) < 4.78 is 7.15. The molecule has 116 valence electrons. The summed E-state index contributed by atoms with van der Waals surface area (Å²) in [7, 11) is 1.62. The highest BCUT2D eigenvalue weighted by Gasteiger charge is 2.17. The van der Waals surface area contributed by atoms with Crippen LogP contribution in [0.25, 0.3) is 16.3 Å². The Bertz CT molecular complexity index is 961. The van der Waals surface area contributed by atoms with Crippen molar-refractivity contribution in [2.24, 2.45) is 0 Å². The topological polar surface area (TPSA) is 52.3 Å². The van der Waals surface area contributed by atoms with Crippen LogP contribution in [-0.2, 0) is 6.42 Å². The SMILES string of the molecule is COc1ccc(Cl)cc1-c1nnc2sc(Cc3cccs3)nn12. The molecule has 5 nitrogen and oxygen atoms in total. The van der Waals surface area contributed by atoms with Crippen molar-refractivity contribution in [2.75, 3.05) is 7.11 Å². The second-order valence-electron chi connectivity index (χ2n) is 4.81. The third-order valence-corrected chi connectivity index (χ3v) is 5.35. The summed E-state index contributed by atoms with van der Waals surface area (Å²) in [5.41, 5.74) is 0.778. The average molecular weight is 363 g/mol. The zero-order valence-electron chi connectivity index (χ0n) is 12.1. The second-order valence-corrected chi connectivity index (χ2v) is 7.32. The van der Waals surface area contributed by atoms with Gasteiger partial charge in [0.05, 0.1) is 12.7 Å². The van der Waals surface area contributed by atoms with Gasteiger partial charge in [0.2, 0.25) is 4.96 Å². The van der Waals surface area contributed by atoms with Gasteiger partial charge in [-0.1, -0.05) is 29.0 Å². The zero-order chi connectivity index (χ0) is 15.8. The third kappa shape index (κ3) is 2.71. The van der Waals surface area contributed by atoms with Crippen LogP contribution in [0.1, 0.15) is 9.88 Å². The van der Waals surface area contributed by atoms with E-state index >= 15 is 0 Å². The number of nitrogens with zero attached hydrogens (tertiary/aromatic N) is 4. The van der Waals surface area contributed by atoms with Crippen molar-refractivity contribution in [1.82, 2.24) is 19.8 Å². The molecule has 8 heteroatoms. The number of fused-ring (bicyclic) bond motifs is 1. The molecule has 0 N–H and O–H groups in total. The molecule has 4 aromatic rings. The summed E-state index contributed by atoms with van der Waals surface area (Å²) in [4.78, 5) is 2.03. The Labute approximate surface area is 145 Å². The summed E-state index contributed by atoms with van der Waals surface area (Å²) in [5.74, 6) is 1.32. The maximum atomic E-state index is 6.11. The van der Waals surface area contributed by atoms with Gasteiger partial charge in [-0.15, -0.1) is 21.5 Å². The predicted octanol–water partition coefficient (Wildman–Crippen LogP) is 4.17. The van der Waals surface area contributed by atoms with Gasteiger partial charge in [-0.2, -0.15) is 9.61 Å². The van der Waals surface area contributed by atoms with Gasteiger partial charge in [-0.3, -0.25) is 0 Å². The number of halogens is 1. The first-order valence-corrected chi connectivity index (χ1v) is 8.89. The maximum absolute atomic E-state index is 6.11. The van der Waals surface area contributed by atoms with Gasteiger partial charge in [0.1, 0.15) is 10.8 Å². The molecule has 0 saturated heterocycles. The molecule has 0 saturated carbocycles. The minimum Gasteiger partial charge on any atom is -0.496 e. The molecule has 0 aliphatic rings. The van der Waals surface area contributed by atoms with Crippen LogP contribution < -0.4 is 4.74 Å². The molecule has 0 fully saturated rings. The summed E-state index contributed by atoms with van der Waals surface area (Å²) in [6, 6.07) is 9.56. The van der Waals surface area contributed by atoms with Crippen molar-refractivity contribution < 1.29 is 4.74 Å². The first kappa shape index (κ1) is 14.6. The lowest BCUT2D eigenvalue weighted by molar-refractivity contribution is 0.416. The molecule has 3 heterocycles. The first-order chi connectivity index (χ1) is 11.2. The largest absolute Gasteiger partial charge is 0.496 e. The number of methoxy groups -OCH3 is 1. The molecule has 1 aromatic carbocycles. The first-order valence-electron chi connectivity index (χ1n) is 6.82. The van der Waals surface area contributed by atoms with Gasteiger partial charge >= 0.3 is 0 Å². The summed E-state index contributed by atoms with van der Waals surface area (Å²) in [6.45, 7) is 0. The number of ether oxygens (including phenoxy) is 1. The third-order valence-electron chi connectivity index (χ3n) is 3.34. The molecule has 3 aromatic heterocycles. The van der Waals surface area contributed by atoms with E-state index in [1.807, 2.05) is 18.2 Å². The van der Waals surface area contributed by atoms with Gasteiger partial charge in [-0.05, 0) is 29.6 Å². The zero-order valence-corrected chi connectivity index (χ0v) is 14.5. The highest BCUT2D eigenvalue weighted by Crippen LogP contribution is 2.32. The van der Waals surface area contributed by atoms with Crippen LogP contribution in [0.2, 0.25) is 5.02 Å². The van der Waals surface area contributed by atoms with Gasteiger partial charge < -0.3 is 4.74 Å². The van der Waals surface area contributed by atoms with Crippen LogP contribution in [0.15, 0.2) is 35.7 Å². The molecule has 0 amide bonds. The van der Waals surface area contributed by atoms with E-state index in [0.29, 0.717) is 16.6 Å². The van der Waals surface area contributed by atoms with Gasteiger partial charge in [-0.25, -0.2) is 0 Å². The monoisotopic (exact) mass is 362 g/mol. The van der Waals surface area contributed by atoms with Crippen molar-refractivity contribution in [3.05, 3.63) is 50.6 Å². The Kier molecular flexibility index (Phi) is 3.76. The predicted molar refractivity (Wildman–Crippen MR) is 92.8 cm³/mol. The van der Waals surface area contributed by atoms with Gasteiger partial charge in [0.25, 0.3) is 0 Å². The molecule has 23 heavy (non-hydrogen) atoms. The van der Waals surface area contributed by atoms with E-state index in [0.717, 1.165) is 22.0 Å². The standard InChI is InChI=1S/C15H11ClN4OS2/c1-21-12-5-4-9(16)7-11(12)14-17-18-15-20(14)19-13(23-15)8-10-3-2-6-22-10/h2-7H,8H2,1H3. The fourth-order valence-corrected chi connectivity index (χ4v) is 4.14.